The molecule has 0 radical (unpaired) electrons. The van der Waals surface area contributed by atoms with Crippen LogP contribution >= 0.6 is 23.1 Å². The van der Waals surface area contributed by atoms with E-state index >= 15 is 0 Å². The van der Waals surface area contributed by atoms with E-state index in [0.717, 1.165) is 31.4 Å². The number of hydrogen-bond donors (Lipinski definition) is 2. The highest BCUT2D eigenvalue weighted by Crippen LogP contribution is 2.33. The molecule has 3 aromatic carbocycles. The number of carboxylic acid groups (broad SMARTS) is 1. The van der Waals surface area contributed by atoms with Gasteiger partial charge in [-0.25, -0.2) is 9.78 Å². The van der Waals surface area contributed by atoms with E-state index < -0.39 is 5.97 Å². The van der Waals surface area contributed by atoms with Gasteiger partial charge >= 0.3 is 5.97 Å². The number of thiazole rings is 1. The van der Waals surface area contributed by atoms with Crippen molar-refractivity contribution >= 4 is 50.9 Å². The molecule has 1 aromatic heterocycles. The first kappa shape index (κ1) is 20.1. The van der Waals surface area contributed by atoms with Crippen LogP contribution in [0.1, 0.15) is 31.8 Å². The largest absolute Gasteiger partial charge is 0.478 e. The molecule has 0 bridgehead atoms. The molecular weight excluding hydrogens is 416 g/mol. The topological polar surface area (TPSA) is 79.3 Å². The maximum absolute atomic E-state index is 12.5. The molecule has 4 rings (SSSR count). The van der Waals surface area contributed by atoms with Crippen LogP contribution in [0.5, 0.6) is 0 Å². The van der Waals surface area contributed by atoms with Crippen molar-refractivity contribution in [1.82, 2.24) is 4.98 Å². The second-order valence-electron chi connectivity index (χ2n) is 6.72. The van der Waals surface area contributed by atoms with Gasteiger partial charge in [-0.2, -0.15) is 0 Å². The predicted molar refractivity (Wildman–Crippen MR) is 122 cm³/mol. The van der Waals surface area contributed by atoms with Gasteiger partial charge in [0.25, 0.3) is 5.91 Å². The van der Waals surface area contributed by atoms with E-state index in [2.05, 4.69) is 10.3 Å². The van der Waals surface area contributed by atoms with Crippen LogP contribution in [0.15, 0.2) is 71.1 Å². The monoisotopic (exact) mass is 434 g/mol. The van der Waals surface area contributed by atoms with Crippen LogP contribution in [0.4, 0.5) is 5.69 Å². The number of nitrogens with zero attached hydrogens (tertiary/aromatic N) is 1. The van der Waals surface area contributed by atoms with Gasteiger partial charge in [-0.1, -0.05) is 42.1 Å². The normalized spacial score (nSPS) is 10.8. The van der Waals surface area contributed by atoms with Gasteiger partial charge in [0.15, 0.2) is 4.34 Å². The molecule has 0 spiro atoms. The molecule has 5 nitrogen and oxygen atoms in total. The van der Waals surface area contributed by atoms with Crippen LogP contribution in [0.3, 0.4) is 0 Å². The summed E-state index contributed by atoms with van der Waals surface area (Å²) in [5, 5.41) is 11.9. The van der Waals surface area contributed by atoms with Crippen molar-refractivity contribution < 1.29 is 14.7 Å². The minimum absolute atomic E-state index is 0.128. The molecule has 150 valence electrons. The van der Waals surface area contributed by atoms with Gasteiger partial charge in [-0.3, -0.25) is 4.79 Å². The van der Waals surface area contributed by atoms with Crippen molar-refractivity contribution in [3.63, 3.8) is 0 Å². The van der Waals surface area contributed by atoms with Gasteiger partial charge in [0.2, 0.25) is 0 Å². The Hall–Kier alpha value is -3.16. The molecule has 30 heavy (non-hydrogen) atoms. The number of nitrogens with one attached hydrogen (secondary N) is 1. The zero-order chi connectivity index (χ0) is 21.1. The average Bonchev–Trinajstić information content (AvgIpc) is 3.15. The molecular formula is C23H18N2O3S2. The fraction of sp³-hybridized carbons (Fsp3) is 0.0870. The molecule has 0 saturated heterocycles. The molecule has 4 aromatic rings. The summed E-state index contributed by atoms with van der Waals surface area (Å²) in [6, 6.07) is 20.1. The number of fused-ring (bicyclic) bond motifs is 1. The summed E-state index contributed by atoms with van der Waals surface area (Å²) in [6.07, 6.45) is 0. The van der Waals surface area contributed by atoms with Gasteiger partial charge < -0.3 is 10.4 Å². The van der Waals surface area contributed by atoms with E-state index in [1.807, 2.05) is 61.5 Å². The number of aryl methyl sites for hydroxylation is 1. The summed E-state index contributed by atoms with van der Waals surface area (Å²) < 4.78 is 1.93. The van der Waals surface area contributed by atoms with Crippen molar-refractivity contribution in [3.8, 4) is 0 Å². The summed E-state index contributed by atoms with van der Waals surface area (Å²) in [4.78, 5) is 28.1. The van der Waals surface area contributed by atoms with Crippen molar-refractivity contribution in [1.29, 1.82) is 0 Å². The third-order valence-electron chi connectivity index (χ3n) is 4.58. The van der Waals surface area contributed by atoms with Crippen LogP contribution in [-0.4, -0.2) is 22.0 Å². The maximum atomic E-state index is 12.5. The summed E-state index contributed by atoms with van der Waals surface area (Å²) in [6.45, 7) is 1.92. The van der Waals surface area contributed by atoms with Gasteiger partial charge in [-0.05, 0) is 54.4 Å². The fourth-order valence-electron chi connectivity index (χ4n) is 2.96. The minimum Gasteiger partial charge on any atom is -0.478 e. The maximum Gasteiger partial charge on any atom is 0.335 e. The van der Waals surface area contributed by atoms with Crippen LogP contribution in [-0.2, 0) is 5.75 Å². The predicted octanol–water partition coefficient (Wildman–Crippen LogP) is 5.85. The Bertz CT molecular complexity index is 1230. The Balaban J connectivity index is 1.45. The number of aromatic carboxylic acids is 1. The molecule has 2 N–H and O–H groups in total. The van der Waals surface area contributed by atoms with E-state index in [1.54, 1.807) is 35.2 Å². The lowest BCUT2D eigenvalue weighted by molar-refractivity contribution is 0.0696. The molecule has 1 amide bonds. The van der Waals surface area contributed by atoms with Crippen molar-refractivity contribution in [2.45, 2.75) is 17.0 Å². The number of anilines is 1. The van der Waals surface area contributed by atoms with E-state index in [-0.39, 0.29) is 11.5 Å². The molecule has 0 atom stereocenters. The number of benzene rings is 3. The van der Waals surface area contributed by atoms with E-state index in [9.17, 15) is 9.59 Å². The zero-order valence-corrected chi connectivity index (χ0v) is 17.7. The average molecular weight is 435 g/mol. The lowest BCUT2D eigenvalue weighted by Crippen LogP contribution is -2.13. The Morgan fingerprint density at radius 3 is 2.57 bits per heavy atom. The highest BCUT2D eigenvalue weighted by atomic mass is 32.2. The molecule has 0 saturated carbocycles. The van der Waals surface area contributed by atoms with E-state index in [0.29, 0.717) is 11.3 Å². The Morgan fingerprint density at radius 2 is 1.83 bits per heavy atom. The zero-order valence-electron chi connectivity index (χ0n) is 16.1. The highest BCUT2D eigenvalue weighted by Gasteiger charge is 2.11. The Kier molecular flexibility index (Phi) is 5.83. The first-order valence-corrected chi connectivity index (χ1v) is 11.0. The number of carbonyl (C=O) groups excluding carboxylic acids is 1. The second kappa shape index (κ2) is 8.69. The van der Waals surface area contributed by atoms with Crippen LogP contribution in [0.25, 0.3) is 10.2 Å². The SMILES string of the molecule is Cc1ccccc1C(=O)Nc1ccc2nc(SCc3ccc(C(=O)O)cc3)sc2c1. The highest BCUT2D eigenvalue weighted by molar-refractivity contribution is 8.00. The lowest BCUT2D eigenvalue weighted by Gasteiger charge is -2.07. The molecule has 7 heteroatoms. The molecule has 1 heterocycles. The Morgan fingerprint density at radius 1 is 1.07 bits per heavy atom. The smallest absolute Gasteiger partial charge is 0.335 e. The quantitative estimate of drug-likeness (QED) is 0.372. The summed E-state index contributed by atoms with van der Waals surface area (Å²) in [7, 11) is 0. The number of hydrogen-bond acceptors (Lipinski definition) is 5. The first-order chi connectivity index (χ1) is 14.5. The van der Waals surface area contributed by atoms with Gasteiger partial charge in [-0.15, -0.1) is 11.3 Å². The van der Waals surface area contributed by atoms with Gasteiger partial charge in [0.1, 0.15) is 0 Å². The molecule has 0 aliphatic carbocycles. The standard InChI is InChI=1S/C23H18N2O3S2/c1-14-4-2-3-5-18(14)21(26)24-17-10-11-19-20(12-17)30-23(25-19)29-13-15-6-8-16(9-7-15)22(27)28/h2-12H,13H2,1H3,(H,24,26)(H,27,28). The van der Waals surface area contributed by atoms with Gasteiger partial charge in [0, 0.05) is 17.0 Å². The van der Waals surface area contributed by atoms with Crippen LogP contribution in [0, 0.1) is 6.92 Å². The summed E-state index contributed by atoms with van der Waals surface area (Å²) in [5.41, 5.74) is 4.54. The second-order valence-corrected chi connectivity index (χ2v) is 8.98. The minimum atomic E-state index is -0.925. The number of amides is 1. The van der Waals surface area contributed by atoms with Crippen LogP contribution in [0.2, 0.25) is 0 Å². The van der Waals surface area contributed by atoms with Crippen molar-refractivity contribution in [3.05, 3.63) is 89.0 Å². The number of aromatic nitrogens is 1. The van der Waals surface area contributed by atoms with Crippen molar-refractivity contribution in [2.24, 2.45) is 0 Å². The number of rotatable bonds is 6. The summed E-state index contributed by atoms with van der Waals surface area (Å²) >= 11 is 3.18. The van der Waals surface area contributed by atoms with E-state index in [1.165, 1.54) is 0 Å². The molecule has 0 aliphatic heterocycles. The lowest BCUT2D eigenvalue weighted by atomic mass is 10.1. The number of thioether (sulfide) groups is 1. The number of carbonyl (C=O) groups is 2. The third-order valence-corrected chi connectivity index (χ3v) is 6.81. The molecule has 0 aliphatic rings. The molecule has 0 unspecified atom stereocenters. The van der Waals surface area contributed by atoms with Gasteiger partial charge in [0.05, 0.1) is 15.8 Å². The number of carboxylic acids is 1. The first-order valence-electron chi connectivity index (χ1n) is 9.22. The fourth-order valence-corrected chi connectivity index (χ4v) is 5.02. The molecule has 0 fully saturated rings. The summed E-state index contributed by atoms with van der Waals surface area (Å²) in [5.74, 6) is -0.349. The third kappa shape index (κ3) is 4.53. The van der Waals surface area contributed by atoms with Crippen LogP contribution < -0.4 is 5.32 Å². The Labute approximate surface area is 181 Å². The van der Waals surface area contributed by atoms with Crippen molar-refractivity contribution in [2.75, 3.05) is 5.32 Å². The van der Waals surface area contributed by atoms with E-state index in [4.69, 9.17) is 5.11 Å².